The van der Waals surface area contributed by atoms with E-state index in [1.165, 1.54) is 12.4 Å². The fourth-order valence-electron chi connectivity index (χ4n) is 1.59. The second kappa shape index (κ2) is 6.77. The second-order valence-electron chi connectivity index (χ2n) is 4.04. The first-order valence-electron chi connectivity index (χ1n) is 6.02. The maximum absolute atomic E-state index is 11.9. The summed E-state index contributed by atoms with van der Waals surface area (Å²) in [6.45, 7) is 0.311. The van der Waals surface area contributed by atoms with Crippen LogP contribution in [-0.4, -0.2) is 22.3 Å². The Bertz CT molecular complexity index is 691. The number of nitrogens with one attached hydrogen (secondary N) is 2. The van der Waals surface area contributed by atoms with Gasteiger partial charge >= 0.3 is 0 Å². The van der Waals surface area contributed by atoms with Gasteiger partial charge in [-0.2, -0.15) is 5.26 Å². The zero-order valence-corrected chi connectivity index (χ0v) is 10.9. The van der Waals surface area contributed by atoms with Gasteiger partial charge in [0.25, 0.3) is 5.91 Å². The molecule has 0 fully saturated rings. The fraction of sp³-hybridized carbons (Fsp3) is 0.0714. The molecule has 0 spiro atoms. The fourth-order valence-corrected chi connectivity index (χ4v) is 1.59. The van der Waals surface area contributed by atoms with Crippen molar-refractivity contribution < 1.29 is 9.59 Å². The summed E-state index contributed by atoms with van der Waals surface area (Å²) in [5.74, 6) is -0.126. The molecule has 1 heterocycles. The number of carbonyl (C=O) groups excluding carboxylic acids is 2. The van der Waals surface area contributed by atoms with E-state index in [1.54, 1.807) is 24.3 Å². The van der Waals surface area contributed by atoms with Gasteiger partial charge < -0.3 is 10.6 Å². The summed E-state index contributed by atoms with van der Waals surface area (Å²) < 4.78 is 0. The van der Waals surface area contributed by atoms with Crippen molar-refractivity contribution in [3.8, 4) is 6.07 Å². The van der Waals surface area contributed by atoms with Gasteiger partial charge in [0.2, 0.25) is 6.41 Å². The highest BCUT2D eigenvalue weighted by Crippen LogP contribution is 2.05. The van der Waals surface area contributed by atoms with Crippen LogP contribution >= 0.6 is 0 Å². The topological polar surface area (TPSA) is 108 Å². The van der Waals surface area contributed by atoms with Crippen LogP contribution in [0.25, 0.3) is 0 Å². The molecule has 0 aliphatic heterocycles. The number of nitrogens with zero attached hydrogens (tertiary/aromatic N) is 3. The Morgan fingerprint density at radius 1 is 1.29 bits per heavy atom. The second-order valence-corrected chi connectivity index (χ2v) is 4.04. The highest BCUT2D eigenvalue weighted by atomic mass is 16.2. The van der Waals surface area contributed by atoms with Crippen LogP contribution < -0.4 is 10.6 Å². The average Bonchev–Trinajstić information content (AvgIpc) is 2.53. The molecule has 0 saturated carbocycles. The number of nitriles is 1. The third kappa shape index (κ3) is 3.84. The first-order chi connectivity index (χ1) is 10.2. The number of aromatic nitrogens is 2. The Morgan fingerprint density at radius 3 is 2.71 bits per heavy atom. The van der Waals surface area contributed by atoms with Crippen molar-refractivity contribution in [3.63, 3.8) is 0 Å². The van der Waals surface area contributed by atoms with Crippen molar-refractivity contribution in [2.75, 3.05) is 5.32 Å². The number of anilines is 1. The van der Waals surface area contributed by atoms with Crippen LogP contribution in [0, 0.1) is 11.3 Å². The predicted octanol–water partition coefficient (Wildman–Crippen LogP) is 0.847. The van der Waals surface area contributed by atoms with Crippen molar-refractivity contribution in [2.45, 2.75) is 6.54 Å². The Morgan fingerprint density at radius 2 is 2.05 bits per heavy atom. The van der Waals surface area contributed by atoms with Crippen LogP contribution in [0.15, 0.2) is 36.7 Å². The quantitative estimate of drug-likeness (QED) is 0.790. The molecule has 0 aliphatic carbocycles. The van der Waals surface area contributed by atoms with E-state index < -0.39 is 0 Å². The minimum atomic E-state index is -0.379. The number of hydrogen-bond acceptors (Lipinski definition) is 5. The lowest BCUT2D eigenvalue weighted by atomic mass is 10.1. The molecule has 0 unspecified atom stereocenters. The summed E-state index contributed by atoms with van der Waals surface area (Å²) in [6, 6.07) is 10.3. The van der Waals surface area contributed by atoms with Crippen LogP contribution in [0.3, 0.4) is 0 Å². The SMILES string of the molecule is N#Cc1ccc(CNC(=O)c2cc(NC=O)ncn2)cc1. The molecule has 2 aromatic rings. The molecule has 21 heavy (non-hydrogen) atoms. The third-order valence-electron chi connectivity index (χ3n) is 2.64. The molecule has 104 valence electrons. The first kappa shape index (κ1) is 14.1. The van der Waals surface area contributed by atoms with Crippen LogP contribution in [0.2, 0.25) is 0 Å². The minimum absolute atomic E-state index is 0.156. The predicted molar refractivity (Wildman–Crippen MR) is 74.0 cm³/mol. The molecule has 2 rings (SSSR count). The number of amides is 2. The molecular formula is C14H11N5O2. The zero-order chi connectivity index (χ0) is 15.1. The van der Waals surface area contributed by atoms with Crippen LogP contribution in [0.4, 0.5) is 5.82 Å². The molecule has 2 N–H and O–H groups in total. The smallest absolute Gasteiger partial charge is 0.270 e. The van der Waals surface area contributed by atoms with E-state index in [4.69, 9.17) is 5.26 Å². The van der Waals surface area contributed by atoms with E-state index in [9.17, 15) is 9.59 Å². The van der Waals surface area contributed by atoms with Crippen LogP contribution in [-0.2, 0) is 11.3 Å². The lowest BCUT2D eigenvalue weighted by molar-refractivity contribution is -0.105. The van der Waals surface area contributed by atoms with Gasteiger partial charge in [-0.05, 0) is 17.7 Å². The Hall–Kier alpha value is -3.27. The van der Waals surface area contributed by atoms with Crippen molar-refractivity contribution in [1.29, 1.82) is 5.26 Å². The molecule has 0 saturated heterocycles. The molecule has 7 nitrogen and oxygen atoms in total. The zero-order valence-electron chi connectivity index (χ0n) is 10.9. The molecule has 1 aromatic heterocycles. The summed E-state index contributed by atoms with van der Waals surface area (Å²) >= 11 is 0. The van der Waals surface area contributed by atoms with Gasteiger partial charge in [-0.15, -0.1) is 0 Å². The molecule has 2 amide bonds. The van der Waals surface area contributed by atoms with Gasteiger partial charge in [-0.3, -0.25) is 9.59 Å². The maximum Gasteiger partial charge on any atom is 0.270 e. The van der Waals surface area contributed by atoms with E-state index in [0.29, 0.717) is 18.5 Å². The average molecular weight is 281 g/mol. The van der Waals surface area contributed by atoms with Gasteiger partial charge in [-0.1, -0.05) is 12.1 Å². The highest BCUT2D eigenvalue weighted by Gasteiger charge is 2.08. The summed E-state index contributed by atoms with van der Waals surface area (Å²) in [5, 5.41) is 13.7. The summed E-state index contributed by atoms with van der Waals surface area (Å²) in [7, 11) is 0. The van der Waals surface area contributed by atoms with Gasteiger partial charge in [0, 0.05) is 12.6 Å². The first-order valence-corrected chi connectivity index (χ1v) is 6.02. The maximum atomic E-state index is 11.9. The summed E-state index contributed by atoms with van der Waals surface area (Å²) in [4.78, 5) is 29.9. The van der Waals surface area contributed by atoms with Gasteiger partial charge in [0.15, 0.2) is 0 Å². The van der Waals surface area contributed by atoms with E-state index in [-0.39, 0.29) is 17.4 Å². The Labute approximate surface area is 120 Å². The summed E-state index contributed by atoms with van der Waals surface area (Å²) in [6.07, 6.45) is 1.67. The molecule has 0 bridgehead atoms. The third-order valence-corrected chi connectivity index (χ3v) is 2.64. The molecule has 0 aliphatic rings. The molecule has 0 atom stereocenters. The van der Waals surface area contributed by atoms with Gasteiger partial charge in [-0.25, -0.2) is 9.97 Å². The number of benzene rings is 1. The Balaban J connectivity index is 1.99. The van der Waals surface area contributed by atoms with Crippen molar-refractivity contribution >= 4 is 18.1 Å². The number of rotatable bonds is 5. The lowest BCUT2D eigenvalue weighted by Gasteiger charge is -2.05. The minimum Gasteiger partial charge on any atom is -0.347 e. The van der Waals surface area contributed by atoms with E-state index >= 15 is 0 Å². The largest absolute Gasteiger partial charge is 0.347 e. The summed E-state index contributed by atoms with van der Waals surface area (Å²) in [5.41, 5.74) is 1.58. The Kier molecular flexibility index (Phi) is 4.56. The molecule has 0 radical (unpaired) electrons. The van der Waals surface area contributed by atoms with Crippen molar-refractivity contribution in [2.24, 2.45) is 0 Å². The normalized spacial score (nSPS) is 9.48. The van der Waals surface area contributed by atoms with Crippen LogP contribution in [0.1, 0.15) is 21.6 Å². The van der Waals surface area contributed by atoms with E-state index in [0.717, 1.165) is 5.56 Å². The molecule has 1 aromatic carbocycles. The van der Waals surface area contributed by atoms with E-state index in [1.807, 2.05) is 6.07 Å². The van der Waals surface area contributed by atoms with Gasteiger partial charge in [0.05, 0.1) is 11.6 Å². The lowest BCUT2D eigenvalue weighted by Crippen LogP contribution is -2.24. The molecular weight excluding hydrogens is 270 g/mol. The van der Waals surface area contributed by atoms with Gasteiger partial charge in [0.1, 0.15) is 17.8 Å². The number of hydrogen-bond donors (Lipinski definition) is 2. The van der Waals surface area contributed by atoms with E-state index in [2.05, 4.69) is 20.6 Å². The monoisotopic (exact) mass is 281 g/mol. The van der Waals surface area contributed by atoms with Crippen molar-refractivity contribution in [1.82, 2.24) is 15.3 Å². The molecule has 7 heteroatoms. The highest BCUT2D eigenvalue weighted by molar-refractivity contribution is 5.93. The van der Waals surface area contributed by atoms with Crippen molar-refractivity contribution in [3.05, 3.63) is 53.5 Å². The van der Waals surface area contributed by atoms with Crippen LogP contribution in [0.5, 0.6) is 0 Å². The number of carbonyl (C=O) groups is 2. The standard InChI is InChI=1S/C14H11N5O2/c15-6-10-1-3-11(4-2-10)7-16-14(21)12-5-13(19-9-20)18-8-17-12/h1-5,8-9H,7H2,(H,16,21)(H,17,18,19,20).